The number of hydrogen-bond acceptors (Lipinski definition) is 2. The molecule has 0 atom stereocenters. The van der Waals surface area contributed by atoms with Gasteiger partial charge in [0.2, 0.25) is 0 Å². The van der Waals surface area contributed by atoms with E-state index in [-0.39, 0.29) is 22.6 Å². The van der Waals surface area contributed by atoms with E-state index in [4.69, 9.17) is 9.90 Å². The van der Waals surface area contributed by atoms with E-state index in [2.05, 4.69) is 0 Å². The molecule has 0 saturated carbocycles. The van der Waals surface area contributed by atoms with Crippen molar-refractivity contribution in [3.63, 3.8) is 0 Å². The molecule has 6 heavy (non-hydrogen) atoms. The Morgan fingerprint density at radius 1 is 1.67 bits per heavy atom. The van der Waals surface area contributed by atoms with Gasteiger partial charge in [-0.25, -0.2) is 0 Å². The Kier molecular flexibility index (Phi) is 24.8. The van der Waals surface area contributed by atoms with E-state index in [1.165, 1.54) is 0 Å². The molecule has 0 unspecified atom stereocenters. The van der Waals surface area contributed by atoms with Gasteiger partial charge in [0.15, 0.2) is 0 Å². The van der Waals surface area contributed by atoms with Crippen LogP contribution in [-0.2, 0) is 21.3 Å². The van der Waals surface area contributed by atoms with Crippen molar-refractivity contribution >= 4 is 5.97 Å². The maximum atomic E-state index is 9.00. The third kappa shape index (κ3) is 5730. The van der Waals surface area contributed by atoms with Crippen molar-refractivity contribution in [1.82, 2.24) is 6.15 Å². The molecule has 0 saturated heterocycles. The van der Waals surface area contributed by atoms with E-state index in [1.807, 2.05) is 0 Å². The topological polar surface area (TPSA) is 72.3 Å². The van der Waals surface area contributed by atoms with E-state index in [0.717, 1.165) is 6.92 Å². The minimum atomic E-state index is -0.833. The Balaban J connectivity index is -0.0000000450. The first-order valence-electron chi connectivity index (χ1n) is 0.928. The zero-order valence-corrected chi connectivity index (χ0v) is 4.37. The largest absolute Gasteiger partial charge is 0.481 e. The molecular weight excluding hydrogens is 129 g/mol. The van der Waals surface area contributed by atoms with Crippen molar-refractivity contribution in [2.45, 2.75) is 6.92 Å². The summed E-state index contributed by atoms with van der Waals surface area (Å²) in [5.74, 6) is -0.833. The summed E-state index contributed by atoms with van der Waals surface area (Å²) in [7, 11) is 0. The molecule has 0 heterocycles. The fraction of sp³-hybridized carbons (Fsp3) is 0.500. The minimum absolute atomic E-state index is 0. The third-order valence-corrected chi connectivity index (χ3v) is 0. The maximum Gasteiger partial charge on any atom is 0.300 e. The van der Waals surface area contributed by atoms with Crippen LogP contribution in [0, 0.1) is 0 Å². The predicted octanol–water partition coefficient (Wildman–Crippen LogP) is 0.250. The van der Waals surface area contributed by atoms with Crippen molar-refractivity contribution in [1.29, 1.82) is 0 Å². The smallest absolute Gasteiger partial charge is 0.300 e. The van der Waals surface area contributed by atoms with E-state index >= 15 is 0 Å². The van der Waals surface area contributed by atoms with Crippen LogP contribution >= 0.6 is 0 Å². The average Bonchev–Trinajstić information content (AvgIpc) is 0.811. The molecule has 0 fully saturated rings. The van der Waals surface area contributed by atoms with Gasteiger partial charge in [-0.3, -0.25) is 4.79 Å². The number of carboxylic acids is 1. The molecule has 0 spiro atoms. The van der Waals surface area contributed by atoms with Crippen LogP contribution in [-0.4, -0.2) is 11.1 Å². The first-order chi connectivity index (χ1) is 1.73. The van der Waals surface area contributed by atoms with Gasteiger partial charge in [0.1, 0.15) is 0 Å². The molecule has 0 aromatic heterocycles. The summed E-state index contributed by atoms with van der Waals surface area (Å²) in [4.78, 5) is 9.00. The molecule has 3 nitrogen and oxygen atoms in total. The van der Waals surface area contributed by atoms with Gasteiger partial charge in [-0.05, 0) is 0 Å². The monoisotopic (exact) mass is 135 g/mol. The molecule has 0 aliphatic rings. The van der Waals surface area contributed by atoms with E-state index in [0.29, 0.717) is 0 Å². The van der Waals surface area contributed by atoms with Crippen LogP contribution in [0.15, 0.2) is 0 Å². The number of aliphatic carboxylic acids is 1. The Morgan fingerprint density at radius 3 is 1.67 bits per heavy atom. The first kappa shape index (κ1) is 16.8. The normalized spacial score (nSPS) is 4.17. The Labute approximate surface area is 46.2 Å². The number of hydrogen-bond donors (Lipinski definition) is 2. The summed E-state index contributed by atoms with van der Waals surface area (Å²) in [5.41, 5.74) is 0. The molecule has 0 aromatic carbocycles. The van der Waals surface area contributed by atoms with Crippen molar-refractivity contribution in [3.05, 3.63) is 0 Å². The van der Waals surface area contributed by atoms with Gasteiger partial charge < -0.3 is 11.3 Å². The summed E-state index contributed by atoms with van der Waals surface area (Å²) < 4.78 is 0. The molecule has 0 radical (unpaired) electrons. The second kappa shape index (κ2) is 8.87. The zero-order chi connectivity index (χ0) is 3.58. The molecule has 4 N–H and O–H groups in total. The summed E-state index contributed by atoms with van der Waals surface area (Å²) in [6.07, 6.45) is 0. The molecule has 0 aromatic rings. The summed E-state index contributed by atoms with van der Waals surface area (Å²) in [6.45, 7) is 1.08. The van der Waals surface area contributed by atoms with Gasteiger partial charge in [-0.1, -0.05) is 0 Å². The third-order valence-electron chi connectivity index (χ3n) is 0. The van der Waals surface area contributed by atoms with Crippen LogP contribution in [0.5, 0.6) is 0 Å². The summed E-state index contributed by atoms with van der Waals surface area (Å²) in [6, 6.07) is 0. The van der Waals surface area contributed by atoms with Crippen molar-refractivity contribution in [2.24, 2.45) is 0 Å². The van der Waals surface area contributed by atoms with Crippen molar-refractivity contribution in [2.75, 3.05) is 0 Å². The molecule has 4 heteroatoms. The number of carbonyl (C=O) groups is 1. The fourth-order valence-corrected chi connectivity index (χ4v) is 0. The minimum Gasteiger partial charge on any atom is -0.481 e. The molecule has 42 valence electrons. The van der Waals surface area contributed by atoms with E-state index in [9.17, 15) is 0 Å². The summed E-state index contributed by atoms with van der Waals surface area (Å²) in [5, 5.41) is 7.42. The van der Waals surface area contributed by atoms with Crippen LogP contribution in [0.25, 0.3) is 0 Å². The molecular formula is C2H7NNiO2. The molecule has 0 aliphatic carbocycles. The standard InChI is InChI=1S/C2H4O2.H3N.Ni/c1-2(3)4;;/h1H3,(H,3,4);1H3;. The van der Waals surface area contributed by atoms with Crippen LogP contribution in [0.1, 0.15) is 6.92 Å². The average molecular weight is 136 g/mol. The van der Waals surface area contributed by atoms with Gasteiger partial charge in [-0.15, -0.1) is 0 Å². The van der Waals surface area contributed by atoms with Gasteiger partial charge >= 0.3 is 0 Å². The molecule has 0 bridgehead atoms. The quantitative estimate of drug-likeness (QED) is 0.468. The predicted molar refractivity (Wildman–Crippen MR) is 18.3 cm³/mol. The number of rotatable bonds is 0. The second-order valence-corrected chi connectivity index (χ2v) is 0.519. The van der Waals surface area contributed by atoms with Crippen LogP contribution in [0.4, 0.5) is 0 Å². The fourth-order valence-electron chi connectivity index (χ4n) is 0. The van der Waals surface area contributed by atoms with Gasteiger partial charge in [0.25, 0.3) is 5.97 Å². The Morgan fingerprint density at radius 2 is 1.67 bits per heavy atom. The SMILES string of the molecule is CC(=O)O.N.[Ni]. The zero-order valence-electron chi connectivity index (χ0n) is 3.38. The van der Waals surface area contributed by atoms with Gasteiger partial charge in [0, 0.05) is 23.4 Å². The summed E-state index contributed by atoms with van der Waals surface area (Å²) >= 11 is 0. The molecule has 0 aliphatic heterocycles. The van der Waals surface area contributed by atoms with Crippen LogP contribution < -0.4 is 6.15 Å². The van der Waals surface area contributed by atoms with Crippen molar-refractivity contribution < 1.29 is 26.4 Å². The van der Waals surface area contributed by atoms with E-state index < -0.39 is 5.97 Å². The van der Waals surface area contributed by atoms with Crippen LogP contribution in [0.3, 0.4) is 0 Å². The Bertz CT molecular complexity index is 34.5. The van der Waals surface area contributed by atoms with Gasteiger partial charge in [0.05, 0.1) is 0 Å². The first-order valence-corrected chi connectivity index (χ1v) is 0.928. The van der Waals surface area contributed by atoms with E-state index in [1.54, 1.807) is 0 Å². The van der Waals surface area contributed by atoms with Gasteiger partial charge in [-0.2, -0.15) is 0 Å². The molecule has 0 amide bonds. The molecule has 0 rings (SSSR count). The number of carboxylic acid groups (broad SMARTS) is 1. The van der Waals surface area contributed by atoms with Crippen molar-refractivity contribution in [3.8, 4) is 0 Å². The second-order valence-electron chi connectivity index (χ2n) is 0.519. The maximum absolute atomic E-state index is 9.00. The van der Waals surface area contributed by atoms with Crippen LogP contribution in [0.2, 0.25) is 0 Å². The Hall–Kier alpha value is -0.0765.